The molecular weight excluding hydrogens is 188 g/mol. The Morgan fingerprint density at radius 1 is 1.46 bits per heavy atom. The second-order valence-corrected chi connectivity index (χ2v) is 3.30. The third kappa shape index (κ3) is 1.59. The first-order chi connectivity index (χ1) is 6.31. The molecule has 0 bridgehead atoms. The van der Waals surface area contributed by atoms with Crippen LogP contribution >= 0.6 is 11.6 Å². The first kappa shape index (κ1) is 8.72. The van der Waals surface area contributed by atoms with Gasteiger partial charge in [-0.3, -0.25) is 0 Å². The van der Waals surface area contributed by atoms with Gasteiger partial charge in [0.05, 0.1) is 5.69 Å². The van der Waals surface area contributed by atoms with Crippen LogP contribution < -0.4 is 10.6 Å². The van der Waals surface area contributed by atoms with Crippen molar-refractivity contribution in [1.29, 1.82) is 0 Å². The summed E-state index contributed by atoms with van der Waals surface area (Å²) in [6.07, 6.45) is 0.915. The number of rotatable bonds is 1. The monoisotopic (exact) mass is 198 g/mol. The number of hydrogen-bond donors (Lipinski definition) is 2. The van der Waals surface area contributed by atoms with Crippen LogP contribution in [0.2, 0.25) is 5.15 Å². The lowest BCUT2D eigenvalue weighted by molar-refractivity contribution is 0.624. The van der Waals surface area contributed by atoms with Gasteiger partial charge in [-0.1, -0.05) is 11.6 Å². The Morgan fingerprint density at radius 3 is 3.08 bits per heavy atom. The van der Waals surface area contributed by atoms with Gasteiger partial charge in [-0.05, 0) is 13.0 Å². The summed E-state index contributed by atoms with van der Waals surface area (Å²) in [4.78, 5) is 8.44. The molecule has 0 fully saturated rings. The van der Waals surface area contributed by atoms with Crippen molar-refractivity contribution in [3.8, 4) is 0 Å². The molecule has 70 valence electrons. The maximum absolute atomic E-state index is 6.01. The van der Waals surface area contributed by atoms with Gasteiger partial charge in [0.1, 0.15) is 5.15 Å². The van der Waals surface area contributed by atoms with Gasteiger partial charge in [0.2, 0.25) is 5.95 Å². The van der Waals surface area contributed by atoms with Crippen LogP contribution in [0.25, 0.3) is 0 Å². The molecule has 0 amide bonds. The third-order valence-corrected chi connectivity index (χ3v) is 2.42. The fourth-order valence-corrected chi connectivity index (χ4v) is 1.71. The molecule has 1 aliphatic rings. The molecule has 2 heterocycles. The molecular formula is C8H11ClN4. The number of anilines is 1. The molecule has 4 nitrogen and oxygen atoms in total. The van der Waals surface area contributed by atoms with Gasteiger partial charge in [0.25, 0.3) is 0 Å². The molecule has 0 saturated heterocycles. The Hall–Kier alpha value is -0.870. The normalized spacial score (nSPS) is 15.2. The summed E-state index contributed by atoms with van der Waals surface area (Å²) in [6.45, 7) is 1.74. The standard InChI is InChI=1S/C8H11ClN4/c1-10-8-12-6-4-11-3-2-5(6)7(9)13-8/h11H,2-4H2,1H3,(H,10,12,13). The molecule has 1 aromatic rings. The summed E-state index contributed by atoms with van der Waals surface area (Å²) in [5.74, 6) is 0.590. The molecule has 13 heavy (non-hydrogen) atoms. The van der Waals surface area contributed by atoms with Crippen molar-refractivity contribution in [1.82, 2.24) is 15.3 Å². The quantitative estimate of drug-likeness (QED) is 0.656. The minimum atomic E-state index is 0.579. The molecule has 0 atom stereocenters. The van der Waals surface area contributed by atoms with Crippen molar-refractivity contribution in [2.45, 2.75) is 13.0 Å². The van der Waals surface area contributed by atoms with E-state index in [2.05, 4.69) is 20.6 Å². The molecule has 0 aliphatic carbocycles. The van der Waals surface area contributed by atoms with Crippen LogP contribution in [0.15, 0.2) is 0 Å². The van der Waals surface area contributed by atoms with E-state index >= 15 is 0 Å². The summed E-state index contributed by atoms with van der Waals surface area (Å²) >= 11 is 6.01. The van der Waals surface area contributed by atoms with Gasteiger partial charge in [-0.15, -0.1) is 0 Å². The Morgan fingerprint density at radius 2 is 2.31 bits per heavy atom. The number of halogens is 1. The zero-order valence-electron chi connectivity index (χ0n) is 7.39. The maximum atomic E-state index is 6.01. The molecule has 0 unspecified atom stereocenters. The highest BCUT2D eigenvalue weighted by Crippen LogP contribution is 2.21. The van der Waals surface area contributed by atoms with Gasteiger partial charge >= 0.3 is 0 Å². The minimum absolute atomic E-state index is 0.579. The van der Waals surface area contributed by atoms with Crippen LogP contribution in [0.3, 0.4) is 0 Å². The van der Waals surface area contributed by atoms with Crippen LogP contribution in [0.5, 0.6) is 0 Å². The van der Waals surface area contributed by atoms with Crippen molar-refractivity contribution >= 4 is 17.5 Å². The highest BCUT2D eigenvalue weighted by atomic mass is 35.5. The van der Waals surface area contributed by atoms with Crippen molar-refractivity contribution in [3.63, 3.8) is 0 Å². The van der Waals surface area contributed by atoms with Gasteiger partial charge in [0, 0.05) is 19.2 Å². The highest BCUT2D eigenvalue weighted by Gasteiger charge is 2.15. The zero-order valence-corrected chi connectivity index (χ0v) is 8.15. The summed E-state index contributed by atoms with van der Waals surface area (Å²) < 4.78 is 0. The predicted octanol–water partition coefficient (Wildman–Crippen LogP) is 0.817. The molecule has 0 spiro atoms. The van der Waals surface area contributed by atoms with E-state index in [9.17, 15) is 0 Å². The molecule has 1 aromatic heterocycles. The first-order valence-corrected chi connectivity index (χ1v) is 4.63. The summed E-state index contributed by atoms with van der Waals surface area (Å²) in [6, 6.07) is 0. The number of hydrogen-bond acceptors (Lipinski definition) is 4. The molecule has 2 rings (SSSR count). The predicted molar refractivity (Wildman–Crippen MR) is 52.0 cm³/mol. The van der Waals surface area contributed by atoms with Gasteiger partial charge in [-0.25, -0.2) is 9.97 Å². The van der Waals surface area contributed by atoms with Gasteiger partial charge in [0.15, 0.2) is 0 Å². The molecule has 0 radical (unpaired) electrons. The molecule has 1 aliphatic heterocycles. The SMILES string of the molecule is CNc1nc(Cl)c2c(n1)CNCC2. The average Bonchev–Trinajstić information content (AvgIpc) is 2.18. The largest absolute Gasteiger partial charge is 0.357 e. The zero-order chi connectivity index (χ0) is 9.26. The van der Waals surface area contributed by atoms with E-state index in [1.807, 2.05) is 0 Å². The molecule has 2 N–H and O–H groups in total. The van der Waals surface area contributed by atoms with E-state index in [0.29, 0.717) is 11.1 Å². The lowest BCUT2D eigenvalue weighted by Gasteiger charge is -2.17. The average molecular weight is 199 g/mol. The fraction of sp³-hybridized carbons (Fsp3) is 0.500. The third-order valence-electron chi connectivity index (χ3n) is 2.11. The minimum Gasteiger partial charge on any atom is -0.357 e. The van der Waals surface area contributed by atoms with Crippen molar-refractivity contribution in [3.05, 3.63) is 16.4 Å². The lowest BCUT2D eigenvalue weighted by atomic mass is 10.1. The van der Waals surface area contributed by atoms with E-state index in [1.165, 1.54) is 0 Å². The number of nitrogens with one attached hydrogen (secondary N) is 2. The highest BCUT2D eigenvalue weighted by molar-refractivity contribution is 6.30. The van der Waals surface area contributed by atoms with Crippen molar-refractivity contribution < 1.29 is 0 Å². The smallest absolute Gasteiger partial charge is 0.224 e. The Balaban J connectivity index is 2.47. The molecule has 0 saturated carbocycles. The van der Waals surface area contributed by atoms with Crippen LogP contribution in [-0.2, 0) is 13.0 Å². The fourth-order valence-electron chi connectivity index (χ4n) is 1.43. The molecule has 5 heteroatoms. The van der Waals surface area contributed by atoms with Gasteiger partial charge in [-0.2, -0.15) is 0 Å². The molecule has 0 aromatic carbocycles. The van der Waals surface area contributed by atoms with Crippen LogP contribution in [0.4, 0.5) is 5.95 Å². The first-order valence-electron chi connectivity index (χ1n) is 4.25. The second-order valence-electron chi connectivity index (χ2n) is 2.94. The number of fused-ring (bicyclic) bond motifs is 1. The Labute approximate surface area is 81.7 Å². The van der Waals surface area contributed by atoms with E-state index in [4.69, 9.17) is 11.6 Å². The van der Waals surface area contributed by atoms with Gasteiger partial charge < -0.3 is 10.6 Å². The topological polar surface area (TPSA) is 49.8 Å². The van der Waals surface area contributed by atoms with E-state index in [-0.39, 0.29) is 0 Å². The Kier molecular flexibility index (Phi) is 2.33. The summed E-state index contributed by atoms with van der Waals surface area (Å²) in [5, 5.41) is 6.71. The van der Waals surface area contributed by atoms with Crippen molar-refractivity contribution in [2.24, 2.45) is 0 Å². The van der Waals surface area contributed by atoms with E-state index in [0.717, 1.165) is 30.8 Å². The number of nitrogens with zero attached hydrogens (tertiary/aromatic N) is 2. The lowest BCUT2D eigenvalue weighted by Crippen LogP contribution is -2.25. The second kappa shape index (κ2) is 3.47. The summed E-state index contributed by atoms with van der Waals surface area (Å²) in [7, 11) is 1.79. The summed E-state index contributed by atoms with van der Waals surface area (Å²) in [5.41, 5.74) is 2.09. The number of aromatic nitrogens is 2. The van der Waals surface area contributed by atoms with Crippen LogP contribution in [-0.4, -0.2) is 23.6 Å². The van der Waals surface area contributed by atoms with E-state index < -0.39 is 0 Å². The maximum Gasteiger partial charge on any atom is 0.224 e. The van der Waals surface area contributed by atoms with E-state index in [1.54, 1.807) is 7.05 Å². The van der Waals surface area contributed by atoms with Crippen LogP contribution in [0, 0.1) is 0 Å². The van der Waals surface area contributed by atoms with Crippen LogP contribution in [0.1, 0.15) is 11.3 Å². The van der Waals surface area contributed by atoms with Crippen molar-refractivity contribution in [2.75, 3.05) is 18.9 Å². The Bertz CT molecular complexity index is 326.